The number of ether oxygens (including phenoxy) is 3. The van der Waals surface area contributed by atoms with E-state index in [1.807, 2.05) is 0 Å². The Balaban J connectivity index is 3.43. The number of benzene rings is 1. The van der Waals surface area contributed by atoms with E-state index in [4.69, 9.17) is 19.3 Å². The smallest absolute Gasteiger partial charge is 0.377 e. The van der Waals surface area contributed by atoms with Gasteiger partial charge in [0.2, 0.25) is 0 Å². The standard InChI is InChI=1S/C12H14O6/c1-16-6-8-7(10(13)12(14)15)4-5-9(17-2)11(8)18-3/h4-5H,6H2,1-3H3,(H,14,15). The monoisotopic (exact) mass is 254 g/mol. The van der Waals surface area contributed by atoms with Gasteiger partial charge in [-0.3, -0.25) is 4.79 Å². The number of carboxylic acids is 1. The van der Waals surface area contributed by atoms with Crippen LogP contribution in [0.25, 0.3) is 0 Å². The Morgan fingerprint density at radius 2 is 1.83 bits per heavy atom. The van der Waals surface area contributed by atoms with E-state index in [0.29, 0.717) is 17.1 Å². The van der Waals surface area contributed by atoms with Crippen LogP contribution in [0.5, 0.6) is 11.5 Å². The molecule has 0 aromatic heterocycles. The van der Waals surface area contributed by atoms with E-state index in [9.17, 15) is 9.59 Å². The molecule has 0 bridgehead atoms. The second-order valence-electron chi connectivity index (χ2n) is 3.39. The summed E-state index contributed by atoms with van der Waals surface area (Å²) >= 11 is 0. The Labute approximate surface area is 104 Å². The highest BCUT2D eigenvalue weighted by molar-refractivity contribution is 6.40. The number of carbonyl (C=O) groups excluding carboxylic acids is 1. The summed E-state index contributed by atoms with van der Waals surface area (Å²) in [5.74, 6) is -1.83. The zero-order valence-corrected chi connectivity index (χ0v) is 10.4. The molecule has 0 aliphatic rings. The summed E-state index contributed by atoms with van der Waals surface area (Å²) in [6, 6.07) is 2.86. The molecule has 0 unspecified atom stereocenters. The Hall–Kier alpha value is -2.08. The first-order valence-electron chi connectivity index (χ1n) is 5.07. The van der Waals surface area contributed by atoms with Crippen LogP contribution in [-0.4, -0.2) is 38.2 Å². The zero-order chi connectivity index (χ0) is 13.7. The quantitative estimate of drug-likeness (QED) is 0.605. The van der Waals surface area contributed by atoms with Crippen molar-refractivity contribution in [1.82, 2.24) is 0 Å². The lowest BCUT2D eigenvalue weighted by molar-refractivity contribution is -0.131. The highest BCUT2D eigenvalue weighted by Crippen LogP contribution is 2.34. The number of carbonyl (C=O) groups is 2. The summed E-state index contributed by atoms with van der Waals surface area (Å²) in [5, 5.41) is 8.76. The number of hydrogen-bond donors (Lipinski definition) is 1. The van der Waals surface area contributed by atoms with Crippen molar-refractivity contribution in [3.8, 4) is 11.5 Å². The minimum Gasteiger partial charge on any atom is -0.493 e. The van der Waals surface area contributed by atoms with Crippen LogP contribution >= 0.6 is 0 Å². The average molecular weight is 254 g/mol. The molecule has 0 atom stereocenters. The summed E-state index contributed by atoms with van der Waals surface area (Å²) in [6.45, 7) is 0.0503. The van der Waals surface area contributed by atoms with Gasteiger partial charge in [0.25, 0.3) is 5.78 Å². The van der Waals surface area contributed by atoms with Crippen molar-refractivity contribution >= 4 is 11.8 Å². The summed E-state index contributed by atoms with van der Waals surface area (Å²) in [7, 11) is 4.30. The van der Waals surface area contributed by atoms with Gasteiger partial charge >= 0.3 is 5.97 Å². The summed E-state index contributed by atoms with van der Waals surface area (Å²) in [6.07, 6.45) is 0. The lowest BCUT2D eigenvalue weighted by Crippen LogP contribution is -2.16. The van der Waals surface area contributed by atoms with Gasteiger partial charge < -0.3 is 19.3 Å². The molecule has 0 spiro atoms. The first-order valence-corrected chi connectivity index (χ1v) is 5.07. The van der Waals surface area contributed by atoms with E-state index in [-0.39, 0.29) is 12.2 Å². The highest BCUT2D eigenvalue weighted by Gasteiger charge is 2.23. The van der Waals surface area contributed by atoms with Gasteiger partial charge in [0.05, 0.1) is 20.8 Å². The maximum absolute atomic E-state index is 11.6. The molecule has 98 valence electrons. The topological polar surface area (TPSA) is 82.1 Å². The molecule has 1 aromatic rings. The maximum atomic E-state index is 11.6. The van der Waals surface area contributed by atoms with Crippen molar-refractivity contribution in [1.29, 1.82) is 0 Å². The van der Waals surface area contributed by atoms with Gasteiger partial charge in [-0.15, -0.1) is 0 Å². The molecule has 0 saturated heterocycles. The maximum Gasteiger partial charge on any atom is 0.377 e. The summed E-state index contributed by atoms with van der Waals surface area (Å²) < 4.78 is 15.2. The van der Waals surface area contributed by atoms with Gasteiger partial charge in [-0.1, -0.05) is 0 Å². The normalized spacial score (nSPS) is 9.94. The average Bonchev–Trinajstić information content (AvgIpc) is 2.37. The van der Waals surface area contributed by atoms with Gasteiger partial charge in [0.15, 0.2) is 11.5 Å². The first-order chi connectivity index (χ1) is 8.56. The van der Waals surface area contributed by atoms with E-state index >= 15 is 0 Å². The van der Waals surface area contributed by atoms with Gasteiger partial charge in [-0.25, -0.2) is 4.79 Å². The predicted molar refractivity (Wildman–Crippen MR) is 62.2 cm³/mol. The molecule has 0 aliphatic heterocycles. The van der Waals surface area contributed by atoms with Crippen LogP contribution in [0.4, 0.5) is 0 Å². The fourth-order valence-corrected chi connectivity index (χ4v) is 1.61. The van der Waals surface area contributed by atoms with Crippen LogP contribution in [0, 0.1) is 0 Å². The third-order valence-corrected chi connectivity index (χ3v) is 2.38. The zero-order valence-electron chi connectivity index (χ0n) is 10.4. The third-order valence-electron chi connectivity index (χ3n) is 2.38. The molecule has 1 N–H and O–H groups in total. The van der Waals surface area contributed by atoms with Crippen LogP contribution in [0.2, 0.25) is 0 Å². The van der Waals surface area contributed by atoms with Gasteiger partial charge in [0, 0.05) is 18.2 Å². The minimum absolute atomic E-state index is 0.0296. The molecule has 1 rings (SSSR count). The van der Waals surface area contributed by atoms with Gasteiger partial charge in [0.1, 0.15) is 0 Å². The first kappa shape index (κ1) is 14.0. The van der Waals surface area contributed by atoms with E-state index in [1.165, 1.54) is 33.5 Å². The lowest BCUT2D eigenvalue weighted by Gasteiger charge is -2.14. The molecule has 0 amide bonds. The van der Waals surface area contributed by atoms with E-state index < -0.39 is 11.8 Å². The molecular formula is C12H14O6. The number of aliphatic carboxylic acids is 1. The number of carboxylic acid groups (broad SMARTS) is 1. The van der Waals surface area contributed by atoms with Crippen LogP contribution in [0.1, 0.15) is 15.9 Å². The lowest BCUT2D eigenvalue weighted by atomic mass is 10.0. The minimum atomic E-state index is -1.53. The molecule has 0 saturated carbocycles. The molecule has 0 fully saturated rings. The molecule has 1 aromatic carbocycles. The van der Waals surface area contributed by atoms with Crippen LogP contribution in [-0.2, 0) is 16.1 Å². The number of rotatable bonds is 6. The molecule has 6 heteroatoms. The van der Waals surface area contributed by atoms with Crippen molar-refractivity contribution in [2.75, 3.05) is 21.3 Å². The van der Waals surface area contributed by atoms with E-state index in [2.05, 4.69) is 0 Å². The number of Topliss-reactive ketones (excluding diaryl/α,β-unsaturated/α-hetero) is 1. The Morgan fingerprint density at radius 1 is 1.17 bits per heavy atom. The van der Waals surface area contributed by atoms with Crippen molar-refractivity contribution in [3.63, 3.8) is 0 Å². The van der Waals surface area contributed by atoms with Crippen molar-refractivity contribution < 1.29 is 28.9 Å². The highest BCUT2D eigenvalue weighted by atomic mass is 16.5. The fourth-order valence-electron chi connectivity index (χ4n) is 1.61. The van der Waals surface area contributed by atoms with E-state index in [0.717, 1.165) is 0 Å². The third kappa shape index (κ3) is 2.60. The Bertz CT molecular complexity index is 466. The molecule has 0 heterocycles. The molecule has 0 radical (unpaired) electrons. The van der Waals surface area contributed by atoms with Crippen molar-refractivity contribution in [2.24, 2.45) is 0 Å². The van der Waals surface area contributed by atoms with Crippen LogP contribution < -0.4 is 9.47 Å². The molecule has 0 aliphatic carbocycles. The van der Waals surface area contributed by atoms with Gasteiger partial charge in [-0.2, -0.15) is 0 Å². The van der Waals surface area contributed by atoms with Gasteiger partial charge in [-0.05, 0) is 12.1 Å². The second kappa shape index (κ2) is 6.02. The number of ketones is 1. The largest absolute Gasteiger partial charge is 0.493 e. The fraction of sp³-hybridized carbons (Fsp3) is 0.333. The van der Waals surface area contributed by atoms with Crippen LogP contribution in [0.15, 0.2) is 12.1 Å². The van der Waals surface area contributed by atoms with Crippen molar-refractivity contribution in [2.45, 2.75) is 6.61 Å². The summed E-state index contributed by atoms with van der Waals surface area (Å²) in [4.78, 5) is 22.3. The molecular weight excluding hydrogens is 240 g/mol. The number of methoxy groups -OCH3 is 3. The number of hydrogen-bond acceptors (Lipinski definition) is 5. The molecule has 6 nitrogen and oxygen atoms in total. The van der Waals surface area contributed by atoms with E-state index in [1.54, 1.807) is 0 Å². The molecule has 18 heavy (non-hydrogen) atoms. The summed E-state index contributed by atoms with van der Waals surface area (Å²) in [5.41, 5.74) is 0.383. The Kier molecular flexibility index (Phi) is 4.67. The Morgan fingerprint density at radius 3 is 2.28 bits per heavy atom. The SMILES string of the molecule is COCc1c(C(=O)C(=O)O)ccc(OC)c1OC. The predicted octanol–water partition coefficient (Wildman–Crippen LogP) is 1.12. The second-order valence-corrected chi connectivity index (χ2v) is 3.39. The van der Waals surface area contributed by atoms with Crippen molar-refractivity contribution in [3.05, 3.63) is 23.3 Å². The van der Waals surface area contributed by atoms with Crippen LogP contribution in [0.3, 0.4) is 0 Å².